The lowest BCUT2D eigenvalue weighted by Gasteiger charge is -2.12. The van der Waals surface area contributed by atoms with Gasteiger partial charge in [0.2, 0.25) is 6.43 Å². The summed E-state index contributed by atoms with van der Waals surface area (Å²) in [5.41, 5.74) is -1.47. The molecule has 0 aromatic carbocycles. The minimum Gasteiger partial charge on any atom is -0.458 e. The Morgan fingerprint density at radius 2 is 1.68 bits per heavy atom. The highest BCUT2D eigenvalue weighted by molar-refractivity contribution is 6.29. The van der Waals surface area contributed by atoms with Gasteiger partial charge in [-0.3, -0.25) is 0 Å². The first-order chi connectivity index (χ1) is 8.68. The first kappa shape index (κ1) is 17.3. The Labute approximate surface area is 105 Å². The Hall–Kier alpha value is -1.67. The zero-order valence-corrected chi connectivity index (χ0v) is 9.80. The molecule has 9 heteroatoms. The maximum absolute atomic E-state index is 12.3. The van der Waals surface area contributed by atoms with Gasteiger partial charge in [-0.2, -0.15) is 13.2 Å². The van der Waals surface area contributed by atoms with Crippen molar-refractivity contribution in [2.75, 3.05) is 13.2 Å². The molecule has 0 aliphatic heterocycles. The van der Waals surface area contributed by atoms with Crippen molar-refractivity contribution < 1.29 is 41.0 Å². The fourth-order valence-electron chi connectivity index (χ4n) is 0.880. The number of carbonyl (C=O) groups excluding carboxylic acids is 2. The van der Waals surface area contributed by atoms with Gasteiger partial charge in [-0.1, -0.05) is 6.08 Å². The van der Waals surface area contributed by atoms with Crippen LogP contribution in [0.4, 0.5) is 22.0 Å². The average Bonchev–Trinajstić information content (AvgIpc) is 2.26. The molecule has 19 heavy (non-hydrogen) atoms. The smallest absolute Gasteiger partial charge is 0.417 e. The second kappa shape index (κ2) is 7.70. The second-order valence-corrected chi connectivity index (χ2v) is 3.15. The van der Waals surface area contributed by atoms with E-state index in [4.69, 9.17) is 0 Å². The highest BCUT2D eigenvalue weighted by Gasteiger charge is 2.35. The number of hydrogen-bond acceptors (Lipinski definition) is 4. The Kier molecular flexibility index (Phi) is 7.02. The van der Waals surface area contributed by atoms with E-state index in [0.717, 1.165) is 0 Å². The molecule has 0 unspecified atom stereocenters. The third kappa shape index (κ3) is 7.37. The minimum absolute atomic E-state index is 0.152. The molecule has 0 amide bonds. The Morgan fingerprint density at radius 3 is 2.11 bits per heavy atom. The lowest BCUT2D eigenvalue weighted by molar-refractivity contribution is -0.168. The van der Waals surface area contributed by atoms with E-state index < -0.39 is 43.1 Å². The molecule has 0 rings (SSSR count). The van der Waals surface area contributed by atoms with Gasteiger partial charge >= 0.3 is 18.1 Å². The lowest BCUT2D eigenvalue weighted by Crippen LogP contribution is -2.24. The molecule has 0 aromatic heterocycles. The van der Waals surface area contributed by atoms with Crippen LogP contribution in [0.15, 0.2) is 11.6 Å². The maximum Gasteiger partial charge on any atom is 0.417 e. The number of allylic oxidation sites excluding steroid dienone is 1. The molecule has 0 aliphatic carbocycles. The van der Waals surface area contributed by atoms with Crippen molar-refractivity contribution in [2.45, 2.75) is 25.9 Å². The van der Waals surface area contributed by atoms with E-state index in [2.05, 4.69) is 9.47 Å². The monoisotopic (exact) mass is 290 g/mol. The molecule has 0 bridgehead atoms. The summed E-state index contributed by atoms with van der Waals surface area (Å²) in [4.78, 5) is 21.6. The average molecular weight is 290 g/mol. The fraction of sp³-hybridized carbons (Fsp3) is 0.600. The molecule has 0 spiro atoms. The van der Waals surface area contributed by atoms with Gasteiger partial charge in [-0.25, -0.2) is 18.4 Å². The zero-order chi connectivity index (χ0) is 15.1. The van der Waals surface area contributed by atoms with E-state index in [1.807, 2.05) is 0 Å². The Balaban J connectivity index is 4.56. The molecule has 110 valence electrons. The summed E-state index contributed by atoms with van der Waals surface area (Å²) in [5, 5.41) is 0. The molecule has 0 aliphatic rings. The number of hydrogen-bond donors (Lipinski definition) is 0. The maximum atomic E-state index is 12.3. The molecule has 0 saturated carbocycles. The van der Waals surface area contributed by atoms with Crippen LogP contribution in [0.5, 0.6) is 0 Å². The predicted molar refractivity (Wildman–Crippen MR) is 52.4 cm³/mol. The van der Waals surface area contributed by atoms with E-state index in [0.29, 0.717) is 0 Å². The molecular weight excluding hydrogens is 279 g/mol. The third-order valence-electron chi connectivity index (χ3n) is 1.71. The lowest BCUT2D eigenvalue weighted by atomic mass is 10.2. The van der Waals surface area contributed by atoms with Crippen molar-refractivity contribution in [2.24, 2.45) is 0 Å². The molecular formula is C10H11F5O4. The summed E-state index contributed by atoms with van der Waals surface area (Å²) in [6, 6.07) is 0. The molecule has 0 saturated heterocycles. The van der Waals surface area contributed by atoms with Crippen LogP contribution in [0.2, 0.25) is 0 Å². The molecule has 0 aromatic rings. The van der Waals surface area contributed by atoms with Crippen molar-refractivity contribution in [3.63, 3.8) is 0 Å². The van der Waals surface area contributed by atoms with Gasteiger partial charge < -0.3 is 9.47 Å². The van der Waals surface area contributed by atoms with E-state index in [9.17, 15) is 31.5 Å². The number of alkyl halides is 5. The van der Waals surface area contributed by atoms with Crippen LogP contribution in [-0.2, 0) is 19.1 Å². The fourth-order valence-corrected chi connectivity index (χ4v) is 0.880. The van der Waals surface area contributed by atoms with Gasteiger partial charge in [0.25, 0.3) is 0 Å². The van der Waals surface area contributed by atoms with Gasteiger partial charge in [0, 0.05) is 6.42 Å². The Morgan fingerprint density at radius 1 is 1.16 bits per heavy atom. The number of carbonyl (C=O) groups is 2. The first-order valence-electron chi connectivity index (χ1n) is 5.06. The third-order valence-corrected chi connectivity index (χ3v) is 1.71. The molecule has 4 nitrogen and oxygen atoms in total. The molecule has 0 atom stereocenters. The van der Waals surface area contributed by atoms with Crippen molar-refractivity contribution in [3.05, 3.63) is 11.6 Å². The van der Waals surface area contributed by atoms with Crippen LogP contribution in [0.1, 0.15) is 13.3 Å². The van der Waals surface area contributed by atoms with Crippen molar-refractivity contribution in [1.29, 1.82) is 0 Å². The minimum atomic E-state index is -4.93. The van der Waals surface area contributed by atoms with E-state index in [1.165, 1.54) is 6.92 Å². The number of esters is 2. The largest absolute Gasteiger partial charge is 0.458 e. The number of rotatable bonds is 5. The zero-order valence-electron chi connectivity index (χ0n) is 9.80. The molecule has 0 N–H and O–H groups in total. The van der Waals surface area contributed by atoms with Crippen LogP contribution in [0.3, 0.4) is 0 Å². The summed E-state index contributed by atoms with van der Waals surface area (Å²) >= 11 is 0. The standard InChI is InChI=1S/C10H11F5O4/c1-2-18-8(16)9(17)19-5-6(10(13,14)15)3-4-7(11)12/h3,7H,2,4-5H2,1H3. The summed E-state index contributed by atoms with van der Waals surface area (Å²) < 4.78 is 68.9. The van der Waals surface area contributed by atoms with Crippen LogP contribution >= 0.6 is 0 Å². The second-order valence-electron chi connectivity index (χ2n) is 3.15. The van der Waals surface area contributed by atoms with Gasteiger partial charge in [0.15, 0.2) is 0 Å². The van der Waals surface area contributed by atoms with Gasteiger partial charge in [-0.15, -0.1) is 0 Å². The van der Waals surface area contributed by atoms with E-state index in [-0.39, 0.29) is 12.7 Å². The van der Waals surface area contributed by atoms with E-state index >= 15 is 0 Å². The van der Waals surface area contributed by atoms with Crippen LogP contribution in [0, 0.1) is 0 Å². The molecule has 0 radical (unpaired) electrons. The van der Waals surface area contributed by atoms with Gasteiger partial charge in [0.1, 0.15) is 6.61 Å². The SMILES string of the molecule is CCOC(=O)C(=O)OCC(=CCC(F)F)C(F)(F)F. The first-order valence-corrected chi connectivity index (χ1v) is 5.06. The highest BCUT2D eigenvalue weighted by Crippen LogP contribution is 2.26. The highest BCUT2D eigenvalue weighted by atomic mass is 19.4. The number of halogens is 5. The summed E-state index contributed by atoms with van der Waals surface area (Å²) in [5.74, 6) is -3.06. The van der Waals surface area contributed by atoms with Crippen molar-refractivity contribution in [1.82, 2.24) is 0 Å². The van der Waals surface area contributed by atoms with Gasteiger partial charge in [-0.05, 0) is 6.92 Å². The predicted octanol–water partition coefficient (Wildman–Crippen LogP) is 2.24. The number of ether oxygens (including phenoxy) is 2. The summed E-state index contributed by atoms with van der Waals surface area (Å²) in [7, 11) is 0. The van der Waals surface area contributed by atoms with Gasteiger partial charge in [0.05, 0.1) is 12.2 Å². The molecule has 0 fully saturated rings. The van der Waals surface area contributed by atoms with Crippen LogP contribution in [-0.4, -0.2) is 37.8 Å². The summed E-state index contributed by atoms with van der Waals surface area (Å²) in [6.45, 7) is -0.0932. The van der Waals surface area contributed by atoms with E-state index in [1.54, 1.807) is 0 Å². The van der Waals surface area contributed by atoms with Crippen LogP contribution < -0.4 is 0 Å². The van der Waals surface area contributed by atoms with Crippen LogP contribution in [0.25, 0.3) is 0 Å². The topological polar surface area (TPSA) is 52.6 Å². The molecule has 0 heterocycles. The quantitative estimate of drug-likeness (QED) is 0.337. The summed E-state index contributed by atoms with van der Waals surface area (Å²) in [6.07, 6.45) is -8.81. The normalized spacial score (nSPS) is 12.5. The van der Waals surface area contributed by atoms with Crippen molar-refractivity contribution >= 4 is 11.9 Å². The van der Waals surface area contributed by atoms with Crippen molar-refractivity contribution in [3.8, 4) is 0 Å². The Bertz CT molecular complexity index is 348.